The molecule has 152 valence electrons. The Morgan fingerprint density at radius 1 is 1.17 bits per heavy atom. The lowest BCUT2D eigenvalue weighted by Gasteiger charge is -2.25. The van der Waals surface area contributed by atoms with Crippen molar-refractivity contribution in [3.63, 3.8) is 0 Å². The summed E-state index contributed by atoms with van der Waals surface area (Å²) in [5.74, 6) is 1.17. The van der Waals surface area contributed by atoms with Crippen molar-refractivity contribution in [2.75, 3.05) is 14.2 Å². The van der Waals surface area contributed by atoms with Gasteiger partial charge < -0.3 is 19.9 Å². The molecule has 0 amide bonds. The van der Waals surface area contributed by atoms with Crippen molar-refractivity contribution >= 4 is 11.6 Å². The third kappa shape index (κ3) is 3.11. The van der Waals surface area contributed by atoms with E-state index in [0.29, 0.717) is 33.7 Å². The minimum Gasteiger partial charge on any atom is -0.493 e. The van der Waals surface area contributed by atoms with Crippen LogP contribution in [0.15, 0.2) is 53.9 Å². The molecule has 0 saturated carbocycles. The number of halogens is 1. The molecule has 1 aliphatic rings. The van der Waals surface area contributed by atoms with E-state index < -0.39 is 5.92 Å². The highest BCUT2D eigenvalue weighted by atomic mass is 35.5. The molecular weight excluding hydrogens is 404 g/mol. The highest BCUT2D eigenvalue weighted by Crippen LogP contribution is 2.46. The van der Waals surface area contributed by atoms with Crippen molar-refractivity contribution in [1.82, 2.24) is 9.78 Å². The van der Waals surface area contributed by atoms with Gasteiger partial charge in [-0.15, -0.1) is 0 Å². The van der Waals surface area contributed by atoms with E-state index in [0.717, 1.165) is 16.8 Å². The summed E-state index contributed by atoms with van der Waals surface area (Å²) < 4.78 is 18.3. The molecule has 2 N–H and O–H groups in total. The number of hydrogen-bond donors (Lipinski definition) is 1. The SMILES string of the molecule is COc1ccc([C@H]2C(C#N)=C(N)Oc3c2c(C)nn3-c2cccc(Cl)c2)cc1OC. The van der Waals surface area contributed by atoms with Crippen molar-refractivity contribution in [1.29, 1.82) is 5.26 Å². The molecule has 0 bridgehead atoms. The first kappa shape index (κ1) is 19.7. The third-order valence-corrected chi connectivity index (χ3v) is 5.26. The number of fused-ring (bicyclic) bond motifs is 1. The van der Waals surface area contributed by atoms with E-state index in [1.165, 1.54) is 0 Å². The van der Waals surface area contributed by atoms with Crippen molar-refractivity contribution in [3.05, 3.63) is 75.8 Å². The Morgan fingerprint density at radius 2 is 1.93 bits per heavy atom. The maximum atomic E-state index is 9.83. The van der Waals surface area contributed by atoms with E-state index in [1.54, 1.807) is 37.1 Å². The maximum Gasteiger partial charge on any atom is 0.229 e. The van der Waals surface area contributed by atoms with Crippen LogP contribution in [-0.4, -0.2) is 24.0 Å². The molecule has 0 fully saturated rings. The Balaban J connectivity index is 1.94. The average molecular weight is 423 g/mol. The summed E-state index contributed by atoms with van der Waals surface area (Å²) in [6.07, 6.45) is 0. The first-order valence-corrected chi connectivity index (χ1v) is 9.51. The van der Waals surface area contributed by atoms with Crippen LogP contribution in [0, 0.1) is 18.3 Å². The summed E-state index contributed by atoms with van der Waals surface area (Å²) in [6, 6.07) is 15.0. The smallest absolute Gasteiger partial charge is 0.229 e. The fourth-order valence-corrected chi connectivity index (χ4v) is 3.85. The van der Waals surface area contributed by atoms with Crippen LogP contribution in [-0.2, 0) is 0 Å². The Morgan fingerprint density at radius 3 is 2.60 bits per heavy atom. The number of aromatic nitrogens is 2. The summed E-state index contributed by atoms with van der Waals surface area (Å²) >= 11 is 6.16. The zero-order valence-corrected chi connectivity index (χ0v) is 17.4. The molecule has 0 unspecified atom stereocenters. The molecule has 2 aromatic carbocycles. The monoisotopic (exact) mass is 422 g/mol. The molecule has 30 heavy (non-hydrogen) atoms. The van der Waals surface area contributed by atoms with Gasteiger partial charge in [0.15, 0.2) is 11.5 Å². The van der Waals surface area contributed by atoms with Crippen LogP contribution >= 0.6 is 11.6 Å². The van der Waals surface area contributed by atoms with Gasteiger partial charge in [-0.05, 0) is 42.8 Å². The van der Waals surface area contributed by atoms with E-state index in [1.807, 2.05) is 31.2 Å². The van der Waals surface area contributed by atoms with Crippen LogP contribution in [0.4, 0.5) is 0 Å². The molecule has 8 heteroatoms. The topological polar surface area (TPSA) is 95.3 Å². The second kappa shape index (κ2) is 7.65. The second-order valence-electron chi connectivity index (χ2n) is 6.74. The zero-order chi connectivity index (χ0) is 21.4. The first-order chi connectivity index (χ1) is 14.5. The molecule has 0 saturated heterocycles. The van der Waals surface area contributed by atoms with Gasteiger partial charge in [0.1, 0.15) is 11.6 Å². The van der Waals surface area contributed by atoms with E-state index in [2.05, 4.69) is 11.2 Å². The quantitative estimate of drug-likeness (QED) is 0.680. The third-order valence-electron chi connectivity index (χ3n) is 5.03. The van der Waals surface area contributed by atoms with Gasteiger partial charge in [0.25, 0.3) is 0 Å². The number of hydrogen-bond acceptors (Lipinski definition) is 6. The number of nitrogens with two attached hydrogens (primary N) is 1. The van der Waals surface area contributed by atoms with Gasteiger partial charge in [0.2, 0.25) is 11.8 Å². The molecular formula is C22H19ClN4O3. The number of aryl methyl sites for hydroxylation is 1. The average Bonchev–Trinajstić information content (AvgIpc) is 3.08. The maximum absolute atomic E-state index is 9.83. The van der Waals surface area contributed by atoms with E-state index in [4.69, 9.17) is 31.5 Å². The van der Waals surface area contributed by atoms with Crippen LogP contribution in [0.25, 0.3) is 5.69 Å². The van der Waals surface area contributed by atoms with Gasteiger partial charge in [0.05, 0.1) is 37.1 Å². The zero-order valence-electron chi connectivity index (χ0n) is 16.6. The van der Waals surface area contributed by atoms with Gasteiger partial charge in [-0.2, -0.15) is 10.4 Å². The molecule has 4 rings (SSSR count). The number of nitriles is 1. The molecule has 0 radical (unpaired) electrons. The number of methoxy groups -OCH3 is 2. The second-order valence-corrected chi connectivity index (χ2v) is 7.17. The molecule has 7 nitrogen and oxygen atoms in total. The van der Waals surface area contributed by atoms with E-state index in [-0.39, 0.29) is 5.88 Å². The van der Waals surface area contributed by atoms with Crippen LogP contribution in [0.1, 0.15) is 22.7 Å². The van der Waals surface area contributed by atoms with Crippen LogP contribution in [0.3, 0.4) is 0 Å². The first-order valence-electron chi connectivity index (χ1n) is 9.13. The Hall–Kier alpha value is -3.63. The van der Waals surface area contributed by atoms with Crippen LogP contribution < -0.4 is 19.9 Å². The van der Waals surface area contributed by atoms with Crippen molar-refractivity contribution in [2.45, 2.75) is 12.8 Å². The van der Waals surface area contributed by atoms with E-state index in [9.17, 15) is 5.26 Å². The van der Waals surface area contributed by atoms with Gasteiger partial charge in [-0.1, -0.05) is 23.7 Å². The molecule has 1 aromatic heterocycles. The van der Waals surface area contributed by atoms with Crippen molar-refractivity contribution in [2.24, 2.45) is 5.73 Å². The molecule has 1 aliphatic heterocycles. The normalized spacial score (nSPS) is 15.2. The molecule has 0 spiro atoms. The number of benzene rings is 2. The van der Waals surface area contributed by atoms with Gasteiger partial charge in [0, 0.05) is 5.02 Å². The fraction of sp³-hybridized carbons (Fsp3) is 0.182. The number of ether oxygens (including phenoxy) is 3. The molecule has 0 aliphatic carbocycles. The summed E-state index contributed by atoms with van der Waals surface area (Å²) in [7, 11) is 3.14. The lowest BCUT2D eigenvalue weighted by Crippen LogP contribution is -2.22. The van der Waals surface area contributed by atoms with Crippen LogP contribution in [0.2, 0.25) is 5.02 Å². The Bertz CT molecular complexity index is 1210. The lowest BCUT2D eigenvalue weighted by atomic mass is 9.84. The van der Waals surface area contributed by atoms with Crippen molar-refractivity contribution < 1.29 is 14.2 Å². The minimum absolute atomic E-state index is 0.0352. The predicted octanol–water partition coefficient (Wildman–Crippen LogP) is 4.07. The highest BCUT2D eigenvalue weighted by Gasteiger charge is 2.36. The number of nitrogens with zero attached hydrogens (tertiary/aromatic N) is 3. The van der Waals surface area contributed by atoms with Crippen molar-refractivity contribution in [3.8, 4) is 29.1 Å². The van der Waals surface area contributed by atoms with Gasteiger partial charge in [-0.25, -0.2) is 4.68 Å². The molecule has 2 heterocycles. The summed E-state index contributed by atoms with van der Waals surface area (Å²) in [5, 5.41) is 15.0. The number of rotatable bonds is 4. The number of allylic oxidation sites excluding steroid dienone is 1. The Labute approximate surface area is 178 Å². The summed E-state index contributed by atoms with van der Waals surface area (Å²) in [4.78, 5) is 0. The minimum atomic E-state index is -0.466. The standard InChI is InChI=1S/C22H19ClN4O3/c1-12-19-20(13-7-8-17(28-2)18(9-13)29-3)16(11-24)21(25)30-22(19)27(26-12)15-6-4-5-14(23)10-15/h4-10,20H,25H2,1-3H3/t20-/m0/s1. The van der Waals surface area contributed by atoms with Crippen LogP contribution in [0.5, 0.6) is 17.4 Å². The predicted molar refractivity (Wildman–Crippen MR) is 112 cm³/mol. The molecule has 1 atom stereocenters. The Kier molecular flexibility index (Phi) is 5.02. The highest BCUT2D eigenvalue weighted by molar-refractivity contribution is 6.30. The summed E-state index contributed by atoms with van der Waals surface area (Å²) in [6.45, 7) is 1.87. The van der Waals surface area contributed by atoms with E-state index >= 15 is 0 Å². The van der Waals surface area contributed by atoms with Gasteiger partial charge in [-0.3, -0.25) is 0 Å². The fourth-order valence-electron chi connectivity index (χ4n) is 3.66. The van der Waals surface area contributed by atoms with Gasteiger partial charge >= 0.3 is 0 Å². The summed E-state index contributed by atoms with van der Waals surface area (Å²) in [5.41, 5.74) is 9.47. The lowest BCUT2D eigenvalue weighted by molar-refractivity contribution is 0.353. The largest absolute Gasteiger partial charge is 0.493 e. The molecule has 3 aromatic rings.